The summed E-state index contributed by atoms with van der Waals surface area (Å²) in [5.74, 6) is 0.847. The molecule has 3 rings (SSSR count). The van der Waals surface area contributed by atoms with E-state index in [4.69, 9.17) is 10.3 Å². The summed E-state index contributed by atoms with van der Waals surface area (Å²) in [4.78, 5) is 8.20. The Balaban J connectivity index is 1.77. The number of anilines is 1. The van der Waals surface area contributed by atoms with Crippen LogP contribution in [0.2, 0.25) is 0 Å². The number of aryl methyl sites for hydroxylation is 1. The quantitative estimate of drug-likeness (QED) is 0.783. The van der Waals surface area contributed by atoms with Gasteiger partial charge in [-0.2, -0.15) is 18.2 Å². The van der Waals surface area contributed by atoms with Gasteiger partial charge in [0.05, 0.1) is 5.56 Å². The molecule has 5 nitrogen and oxygen atoms in total. The van der Waals surface area contributed by atoms with Crippen molar-refractivity contribution in [3.05, 3.63) is 48.2 Å². The summed E-state index contributed by atoms with van der Waals surface area (Å²) in [6.45, 7) is 0. The molecule has 0 aliphatic carbocycles. The molecule has 3 aromatic rings. The molecule has 0 saturated heterocycles. The second-order valence-electron chi connectivity index (χ2n) is 5.17. The van der Waals surface area contributed by atoms with E-state index < -0.39 is 12.6 Å². The second-order valence-corrected chi connectivity index (χ2v) is 5.17. The van der Waals surface area contributed by atoms with Crippen LogP contribution in [0.25, 0.3) is 22.8 Å². The summed E-state index contributed by atoms with van der Waals surface area (Å²) >= 11 is 0. The lowest BCUT2D eigenvalue weighted by molar-refractivity contribution is -0.133. The van der Waals surface area contributed by atoms with Crippen LogP contribution in [0.4, 0.5) is 19.0 Å². The van der Waals surface area contributed by atoms with Crippen molar-refractivity contribution in [1.29, 1.82) is 0 Å². The molecule has 0 bridgehead atoms. The van der Waals surface area contributed by atoms with Crippen LogP contribution in [0.5, 0.6) is 0 Å². The Bertz CT molecular complexity index is 828. The highest BCUT2D eigenvalue weighted by molar-refractivity contribution is 5.68. The monoisotopic (exact) mass is 334 g/mol. The first-order chi connectivity index (χ1) is 11.4. The third-order valence-electron chi connectivity index (χ3n) is 3.40. The van der Waals surface area contributed by atoms with Gasteiger partial charge in [-0.15, -0.1) is 0 Å². The minimum Gasteiger partial charge on any atom is -0.383 e. The molecule has 1 aromatic carbocycles. The number of nitrogen functional groups attached to an aromatic ring is 1. The fraction of sp³-hybridized carbons (Fsp3) is 0.188. The van der Waals surface area contributed by atoms with Crippen LogP contribution in [0.3, 0.4) is 0 Å². The highest BCUT2D eigenvalue weighted by Gasteiger charge is 2.26. The van der Waals surface area contributed by atoms with E-state index in [-0.39, 0.29) is 18.1 Å². The smallest absolute Gasteiger partial charge is 0.383 e. The Kier molecular flexibility index (Phi) is 4.20. The predicted octanol–water partition coefficient (Wildman–Crippen LogP) is 3.88. The van der Waals surface area contributed by atoms with Gasteiger partial charge in [-0.1, -0.05) is 17.3 Å². The molecule has 0 aliphatic rings. The minimum atomic E-state index is -4.16. The van der Waals surface area contributed by atoms with Gasteiger partial charge in [0.25, 0.3) is 5.89 Å². The first-order valence-corrected chi connectivity index (χ1v) is 7.13. The van der Waals surface area contributed by atoms with Crippen molar-refractivity contribution in [2.45, 2.75) is 19.0 Å². The highest BCUT2D eigenvalue weighted by atomic mass is 19.4. The van der Waals surface area contributed by atoms with E-state index in [0.29, 0.717) is 22.5 Å². The zero-order valence-corrected chi connectivity index (χ0v) is 12.4. The molecule has 8 heteroatoms. The molecule has 0 fully saturated rings. The van der Waals surface area contributed by atoms with Crippen molar-refractivity contribution >= 4 is 5.82 Å². The standard InChI is InChI=1S/C16H13F3N4O/c17-16(18,19)8-7-10-3-5-11(6-4-10)15-22-14(23-24-15)12-2-1-9-21-13(12)20/h1-6,9H,7-8H2,(H2,20,21). The summed E-state index contributed by atoms with van der Waals surface area (Å²) in [6, 6.07) is 9.95. The lowest BCUT2D eigenvalue weighted by Crippen LogP contribution is -2.08. The second kappa shape index (κ2) is 6.31. The van der Waals surface area contributed by atoms with Crippen LogP contribution in [-0.2, 0) is 6.42 Å². The van der Waals surface area contributed by atoms with E-state index in [9.17, 15) is 13.2 Å². The number of nitrogens with two attached hydrogens (primary N) is 1. The third-order valence-corrected chi connectivity index (χ3v) is 3.40. The molecule has 0 atom stereocenters. The Morgan fingerprint density at radius 1 is 1.08 bits per heavy atom. The fourth-order valence-corrected chi connectivity index (χ4v) is 2.16. The number of aromatic nitrogens is 3. The van der Waals surface area contributed by atoms with Gasteiger partial charge in [0, 0.05) is 18.2 Å². The van der Waals surface area contributed by atoms with E-state index in [1.165, 1.54) is 0 Å². The number of halogens is 3. The van der Waals surface area contributed by atoms with Crippen molar-refractivity contribution in [3.63, 3.8) is 0 Å². The maximum absolute atomic E-state index is 12.2. The third kappa shape index (κ3) is 3.70. The summed E-state index contributed by atoms with van der Waals surface area (Å²) in [5.41, 5.74) is 7.52. The lowest BCUT2D eigenvalue weighted by Gasteiger charge is -2.06. The van der Waals surface area contributed by atoms with Crippen LogP contribution < -0.4 is 5.73 Å². The topological polar surface area (TPSA) is 77.8 Å². The molecular weight excluding hydrogens is 321 g/mol. The van der Waals surface area contributed by atoms with Crippen LogP contribution in [0, 0.1) is 0 Å². The first-order valence-electron chi connectivity index (χ1n) is 7.13. The van der Waals surface area contributed by atoms with E-state index >= 15 is 0 Å². The summed E-state index contributed by atoms with van der Waals surface area (Å²) in [7, 11) is 0. The molecule has 0 radical (unpaired) electrons. The molecule has 0 unspecified atom stereocenters. The molecule has 2 aromatic heterocycles. The van der Waals surface area contributed by atoms with Gasteiger partial charge in [0.15, 0.2) is 0 Å². The molecule has 2 heterocycles. The number of pyridine rings is 1. The molecule has 24 heavy (non-hydrogen) atoms. The van der Waals surface area contributed by atoms with Crippen LogP contribution in [-0.4, -0.2) is 21.3 Å². The molecule has 0 spiro atoms. The van der Waals surface area contributed by atoms with Gasteiger partial charge >= 0.3 is 6.18 Å². The number of nitrogens with zero attached hydrogens (tertiary/aromatic N) is 3. The van der Waals surface area contributed by atoms with E-state index in [1.807, 2.05) is 0 Å². The van der Waals surface area contributed by atoms with Crippen LogP contribution in [0.1, 0.15) is 12.0 Å². The van der Waals surface area contributed by atoms with Gasteiger partial charge in [0.1, 0.15) is 5.82 Å². The first kappa shape index (κ1) is 16.0. The van der Waals surface area contributed by atoms with Gasteiger partial charge < -0.3 is 10.3 Å². The molecule has 0 amide bonds. The van der Waals surface area contributed by atoms with Crippen molar-refractivity contribution in [2.24, 2.45) is 0 Å². The summed E-state index contributed by atoms with van der Waals surface area (Å²) < 4.78 is 41.9. The normalized spacial score (nSPS) is 11.6. The maximum atomic E-state index is 12.2. The predicted molar refractivity (Wildman–Crippen MR) is 81.8 cm³/mol. The summed E-state index contributed by atoms with van der Waals surface area (Å²) in [5, 5.41) is 3.86. The zero-order chi connectivity index (χ0) is 17.2. The minimum absolute atomic E-state index is 0.0644. The largest absolute Gasteiger partial charge is 0.389 e. The number of alkyl halides is 3. The van der Waals surface area contributed by atoms with Crippen molar-refractivity contribution in [1.82, 2.24) is 15.1 Å². The van der Waals surface area contributed by atoms with Crippen LogP contribution >= 0.6 is 0 Å². The van der Waals surface area contributed by atoms with Gasteiger partial charge in [0.2, 0.25) is 5.82 Å². The maximum Gasteiger partial charge on any atom is 0.389 e. The zero-order valence-electron chi connectivity index (χ0n) is 12.4. The Morgan fingerprint density at radius 3 is 2.50 bits per heavy atom. The van der Waals surface area contributed by atoms with Crippen molar-refractivity contribution in [2.75, 3.05) is 5.73 Å². The van der Waals surface area contributed by atoms with Crippen molar-refractivity contribution < 1.29 is 17.7 Å². The fourth-order valence-electron chi connectivity index (χ4n) is 2.16. The Hall–Kier alpha value is -2.90. The number of rotatable bonds is 4. The molecular formula is C16H13F3N4O. The molecule has 124 valence electrons. The van der Waals surface area contributed by atoms with E-state index in [2.05, 4.69) is 15.1 Å². The Labute approximate surface area is 135 Å². The van der Waals surface area contributed by atoms with Gasteiger partial charge in [-0.05, 0) is 36.2 Å². The molecule has 0 saturated carbocycles. The van der Waals surface area contributed by atoms with E-state index in [0.717, 1.165) is 0 Å². The average molecular weight is 334 g/mol. The summed E-state index contributed by atoms with van der Waals surface area (Å²) in [6.07, 6.45) is -3.52. The van der Waals surface area contributed by atoms with Gasteiger partial charge in [-0.25, -0.2) is 4.98 Å². The highest BCUT2D eigenvalue weighted by Crippen LogP contribution is 2.26. The lowest BCUT2D eigenvalue weighted by atomic mass is 10.1. The van der Waals surface area contributed by atoms with E-state index in [1.54, 1.807) is 42.6 Å². The van der Waals surface area contributed by atoms with Gasteiger partial charge in [-0.3, -0.25) is 0 Å². The Morgan fingerprint density at radius 2 is 1.83 bits per heavy atom. The van der Waals surface area contributed by atoms with Crippen LogP contribution in [0.15, 0.2) is 47.1 Å². The number of benzene rings is 1. The number of hydrogen-bond donors (Lipinski definition) is 1. The molecule has 0 aliphatic heterocycles. The molecule has 2 N–H and O–H groups in total. The van der Waals surface area contributed by atoms with Crippen molar-refractivity contribution in [3.8, 4) is 22.8 Å². The average Bonchev–Trinajstić information content (AvgIpc) is 3.03. The number of hydrogen-bond acceptors (Lipinski definition) is 5. The SMILES string of the molecule is Nc1ncccc1-c1noc(-c2ccc(CCC(F)(F)F)cc2)n1.